The van der Waals surface area contributed by atoms with E-state index in [0.717, 1.165) is 49.4 Å². The first-order chi connectivity index (χ1) is 11.1. The van der Waals surface area contributed by atoms with Crippen LogP contribution in [-0.4, -0.2) is 5.78 Å². The van der Waals surface area contributed by atoms with Gasteiger partial charge in [0.1, 0.15) is 0 Å². The first kappa shape index (κ1) is 15.4. The lowest BCUT2D eigenvalue weighted by atomic mass is 9.48. The summed E-state index contributed by atoms with van der Waals surface area (Å²) in [7, 11) is 0. The molecule has 7 atom stereocenters. The molecule has 0 aliphatic heterocycles. The van der Waals surface area contributed by atoms with Crippen LogP contribution in [0, 0.1) is 52.3 Å². The van der Waals surface area contributed by atoms with Crippen LogP contribution in [0.1, 0.15) is 65.2 Å². The van der Waals surface area contributed by atoms with Crippen molar-refractivity contribution in [3.05, 3.63) is 11.6 Å². The van der Waals surface area contributed by atoms with E-state index in [4.69, 9.17) is 0 Å². The van der Waals surface area contributed by atoms with Crippen LogP contribution in [0.2, 0.25) is 0 Å². The van der Waals surface area contributed by atoms with Crippen LogP contribution >= 0.6 is 0 Å². The molecular formula is C21H29NO. The average molecular weight is 311 g/mol. The van der Waals surface area contributed by atoms with Crippen LogP contribution in [0.15, 0.2) is 11.6 Å². The highest BCUT2D eigenvalue weighted by molar-refractivity contribution is 5.91. The quantitative estimate of drug-likeness (QED) is 0.690. The third-order valence-electron chi connectivity index (χ3n) is 8.15. The zero-order chi connectivity index (χ0) is 16.2. The maximum absolute atomic E-state index is 11.9. The molecule has 2 heteroatoms. The summed E-state index contributed by atoms with van der Waals surface area (Å²) in [5.41, 5.74) is 1.74. The Balaban J connectivity index is 1.70. The van der Waals surface area contributed by atoms with E-state index in [1.165, 1.54) is 31.3 Å². The Morgan fingerprint density at radius 2 is 2.13 bits per heavy atom. The van der Waals surface area contributed by atoms with E-state index < -0.39 is 0 Å². The first-order valence-electron chi connectivity index (χ1n) is 9.71. The van der Waals surface area contributed by atoms with Crippen molar-refractivity contribution < 1.29 is 4.79 Å². The molecule has 0 heterocycles. The van der Waals surface area contributed by atoms with Gasteiger partial charge in [-0.1, -0.05) is 25.8 Å². The Hall–Kier alpha value is -1.10. The number of nitrogens with zero attached hydrogens (tertiary/aromatic N) is 1. The second kappa shape index (κ2) is 5.47. The molecule has 2 nitrogen and oxygen atoms in total. The molecule has 0 aromatic heterocycles. The Kier molecular flexibility index (Phi) is 3.67. The van der Waals surface area contributed by atoms with E-state index in [1.54, 1.807) is 0 Å². The Labute approximate surface area is 140 Å². The summed E-state index contributed by atoms with van der Waals surface area (Å²) in [5.74, 6) is 4.36. The van der Waals surface area contributed by atoms with Crippen LogP contribution < -0.4 is 0 Å². The summed E-state index contributed by atoms with van der Waals surface area (Å²) >= 11 is 0. The predicted molar refractivity (Wildman–Crippen MR) is 90.4 cm³/mol. The third kappa shape index (κ3) is 2.15. The topological polar surface area (TPSA) is 40.9 Å². The van der Waals surface area contributed by atoms with Gasteiger partial charge in [-0.3, -0.25) is 4.79 Å². The van der Waals surface area contributed by atoms with Gasteiger partial charge in [-0.2, -0.15) is 5.26 Å². The van der Waals surface area contributed by atoms with Gasteiger partial charge < -0.3 is 0 Å². The molecule has 3 fully saturated rings. The molecule has 3 saturated carbocycles. The van der Waals surface area contributed by atoms with E-state index in [2.05, 4.69) is 19.9 Å². The molecule has 124 valence electrons. The van der Waals surface area contributed by atoms with E-state index >= 15 is 0 Å². The first-order valence-corrected chi connectivity index (χ1v) is 9.71. The number of rotatable bonds is 1. The molecular weight excluding hydrogens is 282 g/mol. The van der Waals surface area contributed by atoms with E-state index in [9.17, 15) is 10.1 Å². The minimum absolute atomic E-state index is 0.259. The normalized spacial score (nSPS) is 48.7. The van der Waals surface area contributed by atoms with Crippen molar-refractivity contribution in [3.63, 3.8) is 0 Å². The zero-order valence-corrected chi connectivity index (χ0v) is 14.6. The Bertz CT molecular complexity index is 585. The summed E-state index contributed by atoms with van der Waals surface area (Å²) in [6.07, 6.45) is 11.1. The van der Waals surface area contributed by atoms with Gasteiger partial charge in [-0.15, -0.1) is 0 Å². The lowest BCUT2D eigenvalue weighted by molar-refractivity contribution is -0.116. The number of nitriles is 1. The Morgan fingerprint density at radius 1 is 1.30 bits per heavy atom. The highest BCUT2D eigenvalue weighted by atomic mass is 16.1. The van der Waals surface area contributed by atoms with Gasteiger partial charge in [-0.05, 0) is 79.6 Å². The molecule has 0 aromatic carbocycles. The van der Waals surface area contributed by atoms with Crippen molar-refractivity contribution in [2.75, 3.05) is 0 Å². The molecule has 0 aromatic rings. The van der Waals surface area contributed by atoms with Crippen molar-refractivity contribution in [2.24, 2.45) is 40.9 Å². The van der Waals surface area contributed by atoms with E-state index in [1.807, 2.05) is 6.08 Å². The molecule has 0 saturated heterocycles. The fraction of sp³-hybridized carbons (Fsp3) is 0.810. The van der Waals surface area contributed by atoms with Gasteiger partial charge in [0.05, 0.1) is 12.0 Å². The highest BCUT2D eigenvalue weighted by Crippen LogP contribution is 2.65. The average Bonchev–Trinajstić information content (AvgIpc) is 2.89. The molecule has 4 aliphatic rings. The number of fused-ring (bicyclic) bond motifs is 5. The standard InChI is InChI=1S/C21H29NO/c1-3-13-10-14-11-16(23)5-6-17(14)18-8-9-21(2)15(12-22)4-7-19(21)20(13)18/h11,13,15,17-20H,3-10H2,1-2H3/t13-,15?,17?,18?,19?,20?,21?/m1/s1. The number of hydrogen-bond donors (Lipinski definition) is 0. The van der Waals surface area contributed by atoms with Crippen LogP contribution in [0.25, 0.3) is 0 Å². The summed E-state index contributed by atoms with van der Waals surface area (Å²) < 4.78 is 0. The number of allylic oxidation sites excluding steroid dienone is 1. The number of carbonyl (C=O) groups excluding carboxylic acids is 1. The smallest absolute Gasteiger partial charge is 0.155 e. The van der Waals surface area contributed by atoms with Crippen LogP contribution in [0.4, 0.5) is 0 Å². The molecule has 0 N–H and O–H groups in total. The summed E-state index contributed by atoms with van der Waals surface area (Å²) in [6.45, 7) is 4.74. The monoisotopic (exact) mass is 311 g/mol. The van der Waals surface area contributed by atoms with E-state index in [-0.39, 0.29) is 11.3 Å². The number of carbonyl (C=O) groups is 1. The minimum atomic E-state index is 0.259. The molecule has 6 unspecified atom stereocenters. The molecule has 0 spiro atoms. The lowest BCUT2D eigenvalue weighted by Crippen LogP contribution is -2.49. The van der Waals surface area contributed by atoms with Crippen LogP contribution in [0.3, 0.4) is 0 Å². The summed E-state index contributed by atoms with van der Waals surface area (Å²) in [4.78, 5) is 11.9. The van der Waals surface area contributed by atoms with Crippen LogP contribution in [-0.2, 0) is 4.79 Å². The second-order valence-electron chi connectivity index (χ2n) is 8.85. The van der Waals surface area contributed by atoms with Gasteiger partial charge in [0.25, 0.3) is 0 Å². The number of ketones is 1. The SMILES string of the molecule is CC[C@@H]1CC2=CC(=O)CCC2C2CCC3(C)C(C#N)CCC3C21. The fourth-order valence-electron chi connectivity index (χ4n) is 7.01. The Morgan fingerprint density at radius 3 is 2.87 bits per heavy atom. The molecule has 4 aliphatic carbocycles. The number of hydrogen-bond acceptors (Lipinski definition) is 2. The zero-order valence-electron chi connectivity index (χ0n) is 14.6. The highest BCUT2D eigenvalue weighted by Gasteiger charge is 2.58. The lowest BCUT2D eigenvalue weighted by Gasteiger charge is -2.56. The molecule has 0 amide bonds. The maximum atomic E-state index is 11.9. The summed E-state index contributed by atoms with van der Waals surface area (Å²) in [5, 5.41) is 9.61. The largest absolute Gasteiger partial charge is 0.295 e. The van der Waals surface area contributed by atoms with Crippen molar-refractivity contribution in [2.45, 2.75) is 65.2 Å². The molecule has 23 heavy (non-hydrogen) atoms. The van der Waals surface area contributed by atoms with Gasteiger partial charge in [0.2, 0.25) is 0 Å². The van der Waals surface area contributed by atoms with Gasteiger partial charge in [0, 0.05) is 6.42 Å². The maximum Gasteiger partial charge on any atom is 0.155 e. The molecule has 0 radical (unpaired) electrons. The van der Waals surface area contributed by atoms with Crippen molar-refractivity contribution in [1.29, 1.82) is 5.26 Å². The van der Waals surface area contributed by atoms with E-state index in [0.29, 0.717) is 11.7 Å². The van der Waals surface area contributed by atoms with Crippen molar-refractivity contribution in [3.8, 4) is 6.07 Å². The van der Waals surface area contributed by atoms with Gasteiger partial charge >= 0.3 is 0 Å². The van der Waals surface area contributed by atoms with Crippen LogP contribution in [0.5, 0.6) is 0 Å². The predicted octanol–water partition coefficient (Wildman–Crippen LogP) is 4.90. The minimum Gasteiger partial charge on any atom is -0.295 e. The summed E-state index contributed by atoms with van der Waals surface area (Å²) in [6, 6.07) is 2.64. The molecule has 0 bridgehead atoms. The van der Waals surface area contributed by atoms with Crippen molar-refractivity contribution >= 4 is 5.78 Å². The fourth-order valence-corrected chi connectivity index (χ4v) is 7.01. The molecule has 4 rings (SSSR count). The van der Waals surface area contributed by atoms with Gasteiger partial charge in [0.15, 0.2) is 5.78 Å². The second-order valence-corrected chi connectivity index (χ2v) is 8.85. The van der Waals surface area contributed by atoms with Gasteiger partial charge in [-0.25, -0.2) is 0 Å². The van der Waals surface area contributed by atoms with Crippen molar-refractivity contribution in [1.82, 2.24) is 0 Å². The third-order valence-corrected chi connectivity index (χ3v) is 8.15.